The predicted octanol–water partition coefficient (Wildman–Crippen LogP) is 3.62. The summed E-state index contributed by atoms with van der Waals surface area (Å²) < 4.78 is 15.3. The van der Waals surface area contributed by atoms with Crippen molar-refractivity contribution in [3.8, 4) is 0 Å². The van der Waals surface area contributed by atoms with Crippen LogP contribution in [0.15, 0.2) is 29.4 Å². The smallest absolute Gasteiger partial charge is 0.233 e. The van der Waals surface area contributed by atoms with Crippen LogP contribution in [0.3, 0.4) is 0 Å². The summed E-state index contributed by atoms with van der Waals surface area (Å²) >= 11 is 1.36. The van der Waals surface area contributed by atoms with Gasteiger partial charge >= 0.3 is 0 Å². The van der Waals surface area contributed by atoms with Gasteiger partial charge in [-0.2, -0.15) is 0 Å². The van der Waals surface area contributed by atoms with E-state index >= 15 is 0 Å². The van der Waals surface area contributed by atoms with Crippen LogP contribution in [0.4, 0.5) is 4.39 Å². The van der Waals surface area contributed by atoms with Crippen LogP contribution in [0.1, 0.15) is 68.7 Å². The molecular weight excluding hydrogens is 429 g/mol. The Morgan fingerprint density at radius 3 is 2.47 bits per heavy atom. The standard InChI is InChI=1S/C23H30FN5O2S/c24-18-10-6-16(7-11-18)14-29(19-4-2-1-3-5-19)21(31)15-32-23-27-26-22(17-8-9-17)28(23)13-12-20(25)30/h6-7,10-11,17,19H,1-5,8-9,12-15H2,(H2,25,30). The Labute approximate surface area is 191 Å². The van der Waals surface area contributed by atoms with Crippen molar-refractivity contribution in [2.45, 2.75) is 81.6 Å². The number of hydrogen-bond acceptors (Lipinski definition) is 5. The van der Waals surface area contributed by atoms with Gasteiger partial charge in [0.15, 0.2) is 5.16 Å². The topological polar surface area (TPSA) is 94.1 Å². The van der Waals surface area contributed by atoms with Gasteiger partial charge < -0.3 is 15.2 Å². The van der Waals surface area contributed by atoms with Crippen molar-refractivity contribution >= 4 is 23.6 Å². The van der Waals surface area contributed by atoms with E-state index in [1.807, 2.05) is 9.47 Å². The van der Waals surface area contributed by atoms with E-state index in [-0.39, 0.29) is 35.8 Å². The van der Waals surface area contributed by atoms with Gasteiger partial charge in [0.1, 0.15) is 11.6 Å². The molecule has 0 aliphatic heterocycles. The quantitative estimate of drug-likeness (QED) is 0.548. The van der Waals surface area contributed by atoms with Crippen LogP contribution < -0.4 is 5.73 Å². The van der Waals surface area contributed by atoms with E-state index in [9.17, 15) is 14.0 Å². The Morgan fingerprint density at radius 1 is 1.09 bits per heavy atom. The average Bonchev–Trinajstić information content (AvgIpc) is 3.56. The number of halogens is 1. The number of carbonyl (C=O) groups excluding carboxylic acids is 2. The Kier molecular flexibility index (Phi) is 7.44. The number of hydrogen-bond donors (Lipinski definition) is 1. The molecular formula is C23H30FN5O2S. The number of nitrogens with zero attached hydrogens (tertiary/aromatic N) is 4. The van der Waals surface area contributed by atoms with E-state index < -0.39 is 0 Å². The Hall–Kier alpha value is -2.42. The van der Waals surface area contributed by atoms with Gasteiger partial charge in [0.25, 0.3) is 0 Å². The van der Waals surface area contributed by atoms with Gasteiger partial charge in [0, 0.05) is 31.5 Å². The van der Waals surface area contributed by atoms with E-state index in [4.69, 9.17) is 5.73 Å². The monoisotopic (exact) mass is 459 g/mol. The summed E-state index contributed by atoms with van der Waals surface area (Å²) in [4.78, 5) is 26.6. The molecule has 0 unspecified atom stereocenters. The molecule has 2 aromatic rings. The third-order valence-electron chi connectivity index (χ3n) is 6.20. The maximum atomic E-state index is 13.3. The summed E-state index contributed by atoms with van der Waals surface area (Å²) in [6.45, 7) is 0.915. The fourth-order valence-corrected chi connectivity index (χ4v) is 5.15. The minimum absolute atomic E-state index is 0.0450. The van der Waals surface area contributed by atoms with Crippen molar-refractivity contribution in [1.29, 1.82) is 0 Å². The minimum Gasteiger partial charge on any atom is -0.370 e. The largest absolute Gasteiger partial charge is 0.370 e. The molecule has 2 N–H and O–H groups in total. The fraction of sp³-hybridized carbons (Fsp3) is 0.565. The normalized spacial score (nSPS) is 16.8. The molecule has 2 amide bonds. The van der Waals surface area contributed by atoms with Gasteiger partial charge in [-0.3, -0.25) is 9.59 Å². The highest BCUT2D eigenvalue weighted by Crippen LogP contribution is 2.40. The van der Waals surface area contributed by atoms with Crippen molar-refractivity contribution in [3.63, 3.8) is 0 Å². The highest BCUT2D eigenvalue weighted by Gasteiger charge is 2.31. The first-order valence-electron chi connectivity index (χ1n) is 11.4. The molecule has 172 valence electrons. The summed E-state index contributed by atoms with van der Waals surface area (Å²) in [7, 11) is 0. The number of benzene rings is 1. The van der Waals surface area contributed by atoms with E-state index in [0.717, 1.165) is 49.9 Å². The van der Waals surface area contributed by atoms with Crippen LogP contribution >= 0.6 is 11.8 Å². The van der Waals surface area contributed by atoms with E-state index in [1.165, 1.54) is 30.3 Å². The first-order valence-corrected chi connectivity index (χ1v) is 12.4. The molecule has 0 radical (unpaired) electrons. The van der Waals surface area contributed by atoms with Crippen LogP contribution in [0.2, 0.25) is 0 Å². The number of primary amides is 1. The van der Waals surface area contributed by atoms with Crippen molar-refractivity contribution in [2.24, 2.45) is 5.73 Å². The summed E-state index contributed by atoms with van der Waals surface area (Å²) in [5, 5.41) is 9.29. The van der Waals surface area contributed by atoms with Crippen molar-refractivity contribution < 1.29 is 14.0 Å². The molecule has 0 saturated heterocycles. The number of amides is 2. The number of thioether (sulfide) groups is 1. The molecule has 2 aliphatic carbocycles. The van der Waals surface area contributed by atoms with Gasteiger partial charge in [0.2, 0.25) is 11.8 Å². The molecule has 2 aliphatic rings. The summed E-state index contributed by atoms with van der Waals surface area (Å²) in [5.41, 5.74) is 6.27. The SMILES string of the molecule is NC(=O)CCn1c(SCC(=O)N(Cc2ccc(F)cc2)C2CCCCC2)nnc1C1CC1. The lowest BCUT2D eigenvalue weighted by atomic mass is 9.94. The van der Waals surface area contributed by atoms with Gasteiger partial charge in [-0.1, -0.05) is 43.2 Å². The average molecular weight is 460 g/mol. The zero-order valence-corrected chi connectivity index (χ0v) is 19.0. The summed E-state index contributed by atoms with van der Waals surface area (Å²) in [6, 6.07) is 6.57. The molecule has 0 spiro atoms. The number of carbonyl (C=O) groups is 2. The maximum absolute atomic E-state index is 13.3. The van der Waals surface area contributed by atoms with Crippen molar-refractivity contribution in [2.75, 3.05) is 5.75 Å². The third-order valence-corrected chi connectivity index (χ3v) is 7.15. The van der Waals surface area contributed by atoms with E-state index in [2.05, 4.69) is 10.2 Å². The zero-order valence-electron chi connectivity index (χ0n) is 18.2. The Bertz CT molecular complexity index is 938. The molecule has 4 rings (SSSR count). The Morgan fingerprint density at radius 2 is 1.81 bits per heavy atom. The van der Waals surface area contributed by atoms with Gasteiger partial charge in [0.05, 0.1) is 5.75 Å². The fourth-order valence-electron chi connectivity index (χ4n) is 4.29. The second-order valence-corrected chi connectivity index (χ2v) is 9.65. The molecule has 0 bridgehead atoms. The van der Waals surface area contributed by atoms with Crippen LogP contribution in [0.25, 0.3) is 0 Å². The number of nitrogens with two attached hydrogens (primary N) is 1. The van der Waals surface area contributed by atoms with Gasteiger partial charge in [-0.25, -0.2) is 4.39 Å². The van der Waals surface area contributed by atoms with E-state index in [0.29, 0.717) is 24.2 Å². The molecule has 1 aromatic carbocycles. The lowest BCUT2D eigenvalue weighted by Gasteiger charge is -2.34. The molecule has 7 nitrogen and oxygen atoms in total. The molecule has 1 heterocycles. The second kappa shape index (κ2) is 10.5. The van der Waals surface area contributed by atoms with Crippen LogP contribution in [-0.2, 0) is 22.7 Å². The second-order valence-electron chi connectivity index (χ2n) is 8.71. The van der Waals surface area contributed by atoms with Crippen LogP contribution in [0.5, 0.6) is 0 Å². The van der Waals surface area contributed by atoms with Crippen LogP contribution in [0, 0.1) is 5.82 Å². The zero-order chi connectivity index (χ0) is 22.5. The van der Waals surface area contributed by atoms with Crippen molar-refractivity contribution in [3.05, 3.63) is 41.5 Å². The van der Waals surface area contributed by atoms with Crippen LogP contribution in [-0.4, -0.2) is 43.3 Å². The first-order chi connectivity index (χ1) is 15.5. The molecule has 2 fully saturated rings. The lowest BCUT2D eigenvalue weighted by molar-refractivity contribution is -0.132. The predicted molar refractivity (Wildman–Crippen MR) is 120 cm³/mol. The Balaban J connectivity index is 1.45. The lowest BCUT2D eigenvalue weighted by Crippen LogP contribution is -2.42. The van der Waals surface area contributed by atoms with Crippen molar-refractivity contribution in [1.82, 2.24) is 19.7 Å². The molecule has 1 aromatic heterocycles. The number of aromatic nitrogens is 3. The first kappa shape index (κ1) is 22.8. The molecule has 2 saturated carbocycles. The highest BCUT2D eigenvalue weighted by molar-refractivity contribution is 7.99. The summed E-state index contributed by atoms with van der Waals surface area (Å²) in [6.07, 6.45) is 7.82. The van der Waals surface area contributed by atoms with Gasteiger partial charge in [-0.15, -0.1) is 10.2 Å². The molecule has 32 heavy (non-hydrogen) atoms. The van der Waals surface area contributed by atoms with Gasteiger partial charge in [-0.05, 0) is 43.4 Å². The maximum Gasteiger partial charge on any atom is 0.233 e. The molecule has 9 heteroatoms. The highest BCUT2D eigenvalue weighted by atomic mass is 32.2. The third kappa shape index (κ3) is 5.88. The molecule has 0 atom stereocenters. The minimum atomic E-state index is -0.366. The van der Waals surface area contributed by atoms with E-state index in [1.54, 1.807) is 12.1 Å². The number of rotatable bonds is 10. The summed E-state index contributed by atoms with van der Waals surface area (Å²) in [5.74, 6) is 0.923.